The fraction of sp³-hybridized carbons (Fsp3) is 0. The first-order chi connectivity index (χ1) is 6.82. The van der Waals surface area contributed by atoms with Crippen molar-refractivity contribution in [3.63, 3.8) is 0 Å². The number of benzene rings is 1. The third-order valence-corrected chi connectivity index (χ3v) is 2.91. The number of primary amides is 1. The van der Waals surface area contributed by atoms with Crippen molar-refractivity contribution in [3.05, 3.63) is 23.2 Å². The molecule has 0 radical (unpaired) electrons. The van der Waals surface area contributed by atoms with Gasteiger partial charge in [0.25, 0.3) is 10.1 Å². The van der Waals surface area contributed by atoms with Crippen molar-refractivity contribution in [2.75, 3.05) is 5.32 Å². The molecule has 0 aliphatic rings. The van der Waals surface area contributed by atoms with Gasteiger partial charge in [-0.05, 0) is 12.1 Å². The number of hydrogen-bond donors (Lipinski definition) is 3. The van der Waals surface area contributed by atoms with Crippen LogP contribution in [0.4, 0.5) is 10.5 Å². The highest BCUT2D eigenvalue weighted by molar-refractivity contribution is 7.86. The number of nitrogens with one attached hydrogen (secondary N) is 1. The summed E-state index contributed by atoms with van der Waals surface area (Å²) in [5.41, 5.74) is 4.85. The summed E-state index contributed by atoms with van der Waals surface area (Å²) in [5.74, 6) is 0. The Morgan fingerprint density at radius 1 is 1.47 bits per heavy atom. The Morgan fingerprint density at radius 3 is 2.53 bits per heavy atom. The quantitative estimate of drug-likeness (QED) is 0.682. The van der Waals surface area contributed by atoms with Gasteiger partial charge in [0.15, 0.2) is 0 Å². The fourth-order valence-electron chi connectivity index (χ4n) is 0.939. The van der Waals surface area contributed by atoms with E-state index in [1.165, 1.54) is 12.1 Å². The maximum atomic E-state index is 10.8. The van der Waals surface area contributed by atoms with Crippen LogP contribution in [0.15, 0.2) is 23.1 Å². The number of carbonyl (C=O) groups is 1. The standard InChI is InChI=1S/C7H7ClN2O4S/c8-6-4(10-7(9)11)2-1-3-5(6)15(12,13)14/h1-3H,(H3,9,10,11)(H,12,13,14). The summed E-state index contributed by atoms with van der Waals surface area (Å²) in [5, 5.41) is 1.82. The van der Waals surface area contributed by atoms with Gasteiger partial charge in [-0.3, -0.25) is 4.55 Å². The molecule has 0 aliphatic carbocycles. The molecular formula is C7H7ClN2O4S. The summed E-state index contributed by atoms with van der Waals surface area (Å²) in [6, 6.07) is 2.87. The Kier molecular flexibility index (Phi) is 3.18. The molecule has 82 valence electrons. The third kappa shape index (κ3) is 2.82. The van der Waals surface area contributed by atoms with E-state index in [9.17, 15) is 13.2 Å². The van der Waals surface area contributed by atoms with Crippen LogP contribution in [0.1, 0.15) is 0 Å². The van der Waals surface area contributed by atoms with Crippen molar-refractivity contribution in [2.45, 2.75) is 4.90 Å². The highest BCUT2D eigenvalue weighted by Gasteiger charge is 2.17. The van der Waals surface area contributed by atoms with E-state index in [-0.39, 0.29) is 10.7 Å². The molecule has 0 fully saturated rings. The molecule has 6 nitrogen and oxygen atoms in total. The largest absolute Gasteiger partial charge is 0.351 e. The Balaban J connectivity index is 3.30. The van der Waals surface area contributed by atoms with E-state index in [4.69, 9.17) is 21.9 Å². The summed E-state index contributed by atoms with van der Waals surface area (Å²) in [4.78, 5) is 10.0. The van der Waals surface area contributed by atoms with Crippen LogP contribution in [-0.2, 0) is 10.1 Å². The first kappa shape index (κ1) is 11.8. The van der Waals surface area contributed by atoms with Crippen molar-refractivity contribution < 1.29 is 17.8 Å². The first-order valence-electron chi connectivity index (χ1n) is 3.65. The predicted molar refractivity (Wildman–Crippen MR) is 54.5 cm³/mol. The molecule has 0 saturated carbocycles. The molecule has 15 heavy (non-hydrogen) atoms. The van der Waals surface area contributed by atoms with Gasteiger partial charge in [0.05, 0.1) is 10.7 Å². The number of anilines is 1. The van der Waals surface area contributed by atoms with E-state index >= 15 is 0 Å². The SMILES string of the molecule is NC(=O)Nc1cccc(S(=O)(=O)O)c1Cl. The molecule has 0 unspecified atom stereocenters. The zero-order chi connectivity index (χ0) is 11.6. The number of urea groups is 1. The van der Waals surface area contributed by atoms with Crippen molar-refractivity contribution >= 4 is 33.4 Å². The number of hydrogen-bond acceptors (Lipinski definition) is 3. The summed E-state index contributed by atoms with van der Waals surface area (Å²) in [7, 11) is -4.42. The molecule has 0 aromatic heterocycles. The Hall–Kier alpha value is -1.31. The number of amides is 2. The molecule has 1 aromatic rings. The molecule has 0 bridgehead atoms. The van der Waals surface area contributed by atoms with Gasteiger partial charge >= 0.3 is 6.03 Å². The number of nitrogens with two attached hydrogens (primary N) is 1. The van der Waals surface area contributed by atoms with Crippen molar-refractivity contribution in [1.29, 1.82) is 0 Å². The van der Waals surface area contributed by atoms with Crippen LogP contribution in [0.3, 0.4) is 0 Å². The summed E-state index contributed by atoms with van der Waals surface area (Å²) >= 11 is 5.63. The lowest BCUT2D eigenvalue weighted by molar-refractivity contribution is 0.259. The molecule has 0 saturated heterocycles. The Morgan fingerprint density at radius 2 is 2.07 bits per heavy atom. The zero-order valence-corrected chi connectivity index (χ0v) is 8.84. The second-order valence-corrected chi connectivity index (χ2v) is 4.35. The maximum Gasteiger partial charge on any atom is 0.316 e. The van der Waals surface area contributed by atoms with E-state index < -0.39 is 21.0 Å². The molecule has 2 amide bonds. The highest BCUT2D eigenvalue weighted by atomic mass is 35.5. The van der Waals surface area contributed by atoms with Gasteiger partial charge in [0, 0.05) is 0 Å². The van der Waals surface area contributed by atoms with Gasteiger partial charge in [-0.15, -0.1) is 0 Å². The lowest BCUT2D eigenvalue weighted by Crippen LogP contribution is -2.19. The van der Waals surface area contributed by atoms with Gasteiger partial charge in [-0.1, -0.05) is 17.7 Å². The molecular weight excluding hydrogens is 244 g/mol. The number of halogens is 1. The van der Waals surface area contributed by atoms with E-state index in [0.717, 1.165) is 6.07 Å². The molecule has 1 aromatic carbocycles. The molecule has 0 spiro atoms. The lowest BCUT2D eigenvalue weighted by Gasteiger charge is -2.06. The minimum atomic E-state index is -4.42. The summed E-state index contributed by atoms with van der Waals surface area (Å²) < 4.78 is 30.4. The van der Waals surface area contributed by atoms with Crippen LogP contribution < -0.4 is 11.1 Å². The first-order valence-corrected chi connectivity index (χ1v) is 5.46. The summed E-state index contributed by atoms with van der Waals surface area (Å²) in [6.45, 7) is 0. The van der Waals surface area contributed by atoms with E-state index in [1.807, 2.05) is 0 Å². The van der Waals surface area contributed by atoms with E-state index in [0.29, 0.717) is 0 Å². The van der Waals surface area contributed by atoms with Crippen molar-refractivity contribution in [1.82, 2.24) is 0 Å². The van der Waals surface area contributed by atoms with Crippen LogP contribution >= 0.6 is 11.6 Å². The zero-order valence-electron chi connectivity index (χ0n) is 7.27. The van der Waals surface area contributed by atoms with Crippen molar-refractivity contribution in [2.24, 2.45) is 5.73 Å². The number of carbonyl (C=O) groups excluding carboxylic acids is 1. The fourth-order valence-corrected chi connectivity index (χ4v) is 1.99. The molecule has 0 aliphatic heterocycles. The predicted octanol–water partition coefficient (Wildman–Crippen LogP) is 1.08. The Labute approximate surface area is 90.8 Å². The summed E-state index contributed by atoms with van der Waals surface area (Å²) in [6.07, 6.45) is 0. The monoisotopic (exact) mass is 250 g/mol. The molecule has 8 heteroatoms. The second-order valence-electron chi connectivity index (χ2n) is 2.58. The van der Waals surface area contributed by atoms with Gasteiger partial charge in [0.1, 0.15) is 4.90 Å². The maximum absolute atomic E-state index is 10.8. The average Bonchev–Trinajstić information content (AvgIpc) is 2.05. The van der Waals surface area contributed by atoms with E-state index in [1.54, 1.807) is 0 Å². The van der Waals surface area contributed by atoms with Gasteiger partial charge < -0.3 is 11.1 Å². The molecule has 0 heterocycles. The van der Waals surface area contributed by atoms with Crippen LogP contribution in [0.2, 0.25) is 5.02 Å². The Bertz CT molecular complexity index is 500. The molecule has 0 atom stereocenters. The highest BCUT2D eigenvalue weighted by Crippen LogP contribution is 2.28. The van der Waals surface area contributed by atoms with E-state index in [2.05, 4.69) is 5.32 Å². The minimum Gasteiger partial charge on any atom is -0.351 e. The van der Waals surface area contributed by atoms with Gasteiger partial charge in [0.2, 0.25) is 0 Å². The van der Waals surface area contributed by atoms with Crippen LogP contribution in [-0.4, -0.2) is 19.0 Å². The molecule has 1 rings (SSSR count). The lowest BCUT2D eigenvalue weighted by atomic mass is 10.3. The van der Waals surface area contributed by atoms with Crippen molar-refractivity contribution in [3.8, 4) is 0 Å². The molecule has 4 N–H and O–H groups in total. The van der Waals surface area contributed by atoms with Gasteiger partial charge in [-0.25, -0.2) is 4.79 Å². The third-order valence-electron chi connectivity index (χ3n) is 1.50. The average molecular weight is 251 g/mol. The minimum absolute atomic E-state index is 0.0132. The van der Waals surface area contributed by atoms with Crippen LogP contribution in [0.5, 0.6) is 0 Å². The normalized spacial score (nSPS) is 11.1. The van der Waals surface area contributed by atoms with Gasteiger partial charge in [-0.2, -0.15) is 8.42 Å². The smallest absolute Gasteiger partial charge is 0.316 e. The van der Waals surface area contributed by atoms with Crippen LogP contribution in [0.25, 0.3) is 0 Å². The van der Waals surface area contributed by atoms with Crippen LogP contribution in [0, 0.1) is 0 Å². The topological polar surface area (TPSA) is 109 Å². The second kappa shape index (κ2) is 4.05. The number of rotatable bonds is 2.